The quantitative estimate of drug-likeness (QED) is 0.198. The van der Waals surface area contributed by atoms with Crippen molar-refractivity contribution < 1.29 is 19.2 Å². The highest BCUT2D eigenvalue weighted by molar-refractivity contribution is 5.96. The third kappa shape index (κ3) is 10.7. The number of anilines is 2. The number of carbonyl (C=O) groups is 4. The molecule has 0 spiro atoms. The van der Waals surface area contributed by atoms with Crippen molar-refractivity contribution in [2.45, 2.75) is 39.4 Å². The van der Waals surface area contributed by atoms with E-state index in [9.17, 15) is 24.4 Å². The van der Waals surface area contributed by atoms with Gasteiger partial charge in [0.1, 0.15) is 6.04 Å². The summed E-state index contributed by atoms with van der Waals surface area (Å²) >= 11 is 0. The van der Waals surface area contributed by atoms with Crippen LogP contribution >= 0.6 is 0 Å². The standard InChI is InChI=1S/C45H49N7O4/c1-34(53)47-41-17-12-36(13-18-41)16-21-44(55)52(33-40-14-19-42(20-15-40)50-28-26-49(27-29-50)35(2)54)43(30-37-6-4-3-5-7-37)45(56)51-24-22-48(23-25-51)32-39-10-8-38(31-46)9-11-39/h3-21,43H,22-30,32-33H2,1-2H3,(H,47,53). The Balaban J connectivity index is 1.24. The number of piperazine rings is 2. The van der Waals surface area contributed by atoms with Gasteiger partial charge in [-0.05, 0) is 64.7 Å². The molecule has 2 aliphatic heterocycles. The molecule has 56 heavy (non-hydrogen) atoms. The molecule has 0 aromatic heterocycles. The first-order chi connectivity index (χ1) is 27.1. The van der Waals surface area contributed by atoms with E-state index in [2.05, 4.69) is 33.3 Å². The Morgan fingerprint density at radius 1 is 0.732 bits per heavy atom. The van der Waals surface area contributed by atoms with Crippen molar-refractivity contribution in [2.75, 3.05) is 62.6 Å². The summed E-state index contributed by atoms with van der Waals surface area (Å²) in [5, 5.41) is 11.9. The number of nitrogens with one attached hydrogen (secondary N) is 1. The molecule has 2 saturated heterocycles. The molecular formula is C45H49N7O4. The third-order valence-corrected chi connectivity index (χ3v) is 10.4. The van der Waals surface area contributed by atoms with Gasteiger partial charge in [-0.15, -0.1) is 0 Å². The summed E-state index contributed by atoms with van der Waals surface area (Å²) in [5.74, 6) is -0.447. The van der Waals surface area contributed by atoms with Gasteiger partial charge < -0.3 is 24.9 Å². The zero-order valence-corrected chi connectivity index (χ0v) is 32.1. The van der Waals surface area contributed by atoms with Crippen LogP contribution in [-0.4, -0.2) is 102 Å². The maximum absolute atomic E-state index is 14.7. The first-order valence-corrected chi connectivity index (χ1v) is 19.1. The molecule has 1 unspecified atom stereocenters. The molecule has 0 saturated carbocycles. The molecule has 2 fully saturated rings. The van der Waals surface area contributed by atoms with Gasteiger partial charge in [0.2, 0.25) is 23.6 Å². The fourth-order valence-corrected chi connectivity index (χ4v) is 7.22. The minimum absolute atomic E-state index is 0.0883. The monoisotopic (exact) mass is 751 g/mol. The number of amides is 4. The van der Waals surface area contributed by atoms with Crippen LogP contribution in [0.2, 0.25) is 0 Å². The van der Waals surface area contributed by atoms with Crippen molar-refractivity contribution >= 4 is 41.1 Å². The summed E-state index contributed by atoms with van der Waals surface area (Å²) in [5.41, 5.74) is 6.10. The number of carbonyl (C=O) groups excluding carboxylic acids is 4. The first kappa shape index (κ1) is 39.4. The topological polar surface area (TPSA) is 120 Å². The van der Waals surface area contributed by atoms with E-state index in [1.54, 1.807) is 30.0 Å². The molecule has 288 valence electrons. The largest absolute Gasteiger partial charge is 0.368 e. The Labute approximate surface area is 329 Å². The van der Waals surface area contributed by atoms with Gasteiger partial charge in [0.15, 0.2) is 0 Å². The van der Waals surface area contributed by atoms with Crippen LogP contribution in [0.5, 0.6) is 0 Å². The minimum atomic E-state index is -0.763. The van der Waals surface area contributed by atoms with Crippen LogP contribution in [0.25, 0.3) is 6.08 Å². The highest BCUT2D eigenvalue weighted by Gasteiger charge is 2.34. The number of nitriles is 1. The smallest absolute Gasteiger partial charge is 0.247 e. The third-order valence-electron chi connectivity index (χ3n) is 10.4. The summed E-state index contributed by atoms with van der Waals surface area (Å²) in [6.45, 7) is 9.29. The fraction of sp³-hybridized carbons (Fsp3) is 0.311. The van der Waals surface area contributed by atoms with Crippen molar-refractivity contribution in [3.8, 4) is 6.07 Å². The summed E-state index contributed by atoms with van der Waals surface area (Å²) in [7, 11) is 0. The van der Waals surface area contributed by atoms with E-state index in [1.165, 1.54) is 13.0 Å². The molecule has 2 heterocycles. The van der Waals surface area contributed by atoms with E-state index in [0.29, 0.717) is 56.9 Å². The van der Waals surface area contributed by atoms with E-state index in [-0.39, 0.29) is 30.2 Å². The van der Waals surface area contributed by atoms with E-state index >= 15 is 0 Å². The second kappa shape index (κ2) is 18.9. The average Bonchev–Trinajstić information content (AvgIpc) is 3.22. The minimum Gasteiger partial charge on any atom is -0.368 e. The lowest BCUT2D eigenvalue weighted by molar-refractivity contribution is -0.145. The van der Waals surface area contributed by atoms with Crippen LogP contribution in [0.15, 0.2) is 109 Å². The predicted molar refractivity (Wildman–Crippen MR) is 218 cm³/mol. The van der Waals surface area contributed by atoms with Gasteiger partial charge in [0, 0.05) is 103 Å². The maximum Gasteiger partial charge on any atom is 0.247 e. The molecule has 1 atom stereocenters. The molecule has 6 rings (SSSR count). The number of benzene rings is 4. The Morgan fingerprint density at radius 3 is 1.96 bits per heavy atom. The molecule has 2 aliphatic rings. The number of hydrogen-bond donors (Lipinski definition) is 1. The first-order valence-electron chi connectivity index (χ1n) is 19.1. The SMILES string of the molecule is CC(=O)Nc1ccc(C=CC(=O)N(Cc2ccc(N3CCN(C(C)=O)CC3)cc2)C(Cc2ccccc2)C(=O)N2CCN(Cc3ccc(C#N)cc3)CC2)cc1. The van der Waals surface area contributed by atoms with Gasteiger partial charge in [-0.2, -0.15) is 5.26 Å². The predicted octanol–water partition coefficient (Wildman–Crippen LogP) is 5.18. The Morgan fingerprint density at radius 2 is 1.36 bits per heavy atom. The van der Waals surface area contributed by atoms with Crippen LogP contribution in [-0.2, 0) is 38.7 Å². The number of hydrogen-bond acceptors (Lipinski definition) is 7. The van der Waals surface area contributed by atoms with Gasteiger partial charge in [-0.25, -0.2) is 0 Å². The molecule has 4 amide bonds. The van der Waals surface area contributed by atoms with Crippen molar-refractivity contribution in [3.63, 3.8) is 0 Å². The lowest BCUT2D eigenvalue weighted by atomic mass is 10.0. The van der Waals surface area contributed by atoms with E-state index in [1.807, 2.05) is 88.7 Å². The Bertz CT molecular complexity index is 2030. The van der Waals surface area contributed by atoms with Gasteiger partial charge in [0.05, 0.1) is 11.6 Å². The summed E-state index contributed by atoms with van der Waals surface area (Å²) < 4.78 is 0. The second-order valence-electron chi connectivity index (χ2n) is 14.4. The number of rotatable bonds is 12. The van der Waals surface area contributed by atoms with Crippen LogP contribution in [0, 0.1) is 11.3 Å². The average molecular weight is 752 g/mol. The van der Waals surface area contributed by atoms with Gasteiger partial charge >= 0.3 is 0 Å². The summed E-state index contributed by atoms with van der Waals surface area (Å²) in [4.78, 5) is 62.5. The summed E-state index contributed by atoms with van der Waals surface area (Å²) in [6, 6.07) is 34.2. The van der Waals surface area contributed by atoms with Crippen LogP contribution in [0.1, 0.15) is 41.7 Å². The van der Waals surface area contributed by atoms with Crippen LogP contribution in [0.4, 0.5) is 11.4 Å². The molecule has 0 aliphatic carbocycles. The van der Waals surface area contributed by atoms with E-state index < -0.39 is 6.04 Å². The van der Waals surface area contributed by atoms with Crippen molar-refractivity contribution in [1.82, 2.24) is 19.6 Å². The molecular weight excluding hydrogens is 703 g/mol. The van der Waals surface area contributed by atoms with Gasteiger partial charge in [0.25, 0.3) is 0 Å². The van der Waals surface area contributed by atoms with Crippen LogP contribution in [0.3, 0.4) is 0 Å². The second-order valence-corrected chi connectivity index (χ2v) is 14.4. The zero-order chi connectivity index (χ0) is 39.4. The summed E-state index contributed by atoms with van der Waals surface area (Å²) in [6.07, 6.45) is 3.62. The highest BCUT2D eigenvalue weighted by Crippen LogP contribution is 2.23. The van der Waals surface area contributed by atoms with Crippen molar-refractivity contribution in [3.05, 3.63) is 137 Å². The maximum atomic E-state index is 14.7. The van der Waals surface area contributed by atoms with E-state index in [4.69, 9.17) is 0 Å². The van der Waals surface area contributed by atoms with Gasteiger partial charge in [-0.3, -0.25) is 24.1 Å². The molecule has 11 heteroatoms. The zero-order valence-electron chi connectivity index (χ0n) is 32.1. The molecule has 11 nitrogen and oxygen atoms in total. The van der Waals surface area contributed by atoms with Gasteiger partial charge in [-0.1, -0.05) is 66.7 Å². The molecule has 0 bridgehead atoms. The number of nitrogens with zero attached hydrogens (tertiary/aromatic N) is 6. The molecule has 4 aromatic rings. The molecule has 0 radical (unpaired) electrons. The van der Waals surface area contributed by atoms with Crippen LogP contribution < -0.4 is 10.2 Å². The molecule has 1 N–H and O–H groups in total. The molecule has 4 aromatic carbocycles. The highest BCUT2D eigenvalue weighted by atomic mass is 16.2. The van der Waals surface area contributed by atoms with Crippen molar-refractivity contribution in [2.24, 2.45) is 0 Å². The normalized spacial score (nSPS) is 15.3. The van der Waals surface area contributed by atoms with E-state index in [0.717, 1.165) is 47.6 Å². The Hall–Kier alpha value is -6.25. The lowest BCUT2D eigenvalue weighted by Gasteiger charge is -2.39. The van der Waals surface area contributed by atoms with Crippen molar-refractivity contribution in [1.29, 1.82) is 5.26 Å². The lowest BCUT2D eigenvalue weighted by Crippen LogP contribution is -2.56. The Kier molecular flexibility index (Phi) is 13.3. The fourth-order valence-electron chi connectivity index (χ4n) is 7.22.